The summed E-state index contributed by atoms with van der Waals surface area (Å²) in [6, 6.07) is 0. The van der Waals surface area contributed by atoms with E-state index in [1.54, 1.807) is 6.20 Å². The molecule has 1 aliphatic rings. The summed E-state index contributed by atoms with van der Waals surface area (Å²) in [6.07, 6.45) is 4.28. The molecule has 0 saturated carbocycles. The van der Waals surface area contributed by atoms with Gasteiger partial charge in [-0.2, -0.15) is 11.8 Å². The van der Waals surface area contributed by atoms with Crippen LogP contribution in [-0.4, -0.2) is 66.9 Å². The number of thioether (sulfide) groups is 1. The third kappa shape index (κ3) is 2.59. The Balaban J connectivity index is 1.81. The topological polar surface area (TPSA) is 105 Å². The second kappa shape index (κ2) is 5.45. The number of rotatable bonds is 4. The number of fused-ring (bicyclic) bond motifs is 1. The molecule has 8 heteroatoms. The minimum Gasteiger partial charge on any atom is -0.389 e. The van der Waals surface area contributed by atoms with Crippen molar-refractivity contribution in [1.29, 1.82) is 0 Å². The van der Waals surface area contributed by atoms with Crippen LogP contribution in [-0.2, 0) is 6.54 Å². The van der Waals surface area contributed by atoms with E-state index in [-0.39, 0.29) is 5.56 Å². The molecular formula is C13H18N4O3S. The van der Waals surface area contributed by atoms with E-state index in [1.807, 2.05) is 11.2 Å². The Morgan fingerprint density at radius 3 is 3.14 bits per heavy atom. The summed E-state index contributed by atoms with van der Waals surface area (Å²) >= 11 is 1.52. The van der Waals surface area contributed by atoms with Gasteiger partial charge in [-0.3, -0.25) is 9.69 Å². The summed E-state index contributed by atoms with van der Waals surface area (Å²) < 4.78 is 0. The molecule has 0 radical (unpaired) electrons. The van der Waals surface area contributed by atoms with Crippen LogP contribution in [0, 0.1) is 0 Å². The molecule has 114 valence electrons. The summed E-state index contributed by atoms with van der Waals surface area (Å²) in [5.41, 5.74) is 0.694. The van der Waals surface area contributed by atoms with Gasteiger partial charge in [0.25, 0.3) is 5.56 Å². The van der Waals surface area contributed by atoms with Crippen molar-refractivity contribution in [2.24, 2.45) is 0 Å². The fraction of sp³-hybridized carbons (Fsp3) is 0.538. The lowest BCUT2D eigenvalue weighted by Gasteiger charge is -2.24. The van der Waals surface area contributed by atoms with E-state index >= 15 is 0 Å². The van der Waals surface area contributed by atoms with Crippen molar-refractivity contribution in [3.05, 3.63) is 28.4 Å². The Morgan fingerprint density at radius 2 is 2.38 bits per heavy atom. The van der Waals surface area contributed by atoms with E-state index in [9.17, 15) is 15.0 Å². The zero-order valence-corrected chi connectivity index (χ0v) is 12.5. The van der Waals surface area contributed by atoms with E-state index in [4.69, 9.17) is 0 Å². The van der Waals surface area contributed by atoms with Crippen LogP contribution in [0.2, 0.25) is 0 Å². The number of hydrogen-bond donors (Lipinski definition) is 4. The predicted octanol–water partition coefficient (Wildman–Crippen LogP) is -0.478. The largest absolute Gasteiger partial charge is 0.389 e. The molecular weight excluding hydrogens is 292 g/mol. The van der Waals surface area contributed by atoms with Crippen molar-refractivity contribution in [2.75, 3.05) is 25.1 Å². The number of aliphatic hydroxyl groups is 2. The van der Waals surface area contributed by atoms with Gasteiger partial charge >= 0.3 is 0 Å². The van der Waals surface area contributed by atoms with Crippen LogP contribution in [0.3, 0.4) is 0 Å². The third-order valence-electron chi connectivity index (χ3n) is 3.89. The molecule has 0 amide bonds. The van der Waals surface area contributed by atoms with Crippen LogP contribution in [0.15, 0.2) is 17.3 Å². The van der Waals surface area contributed by atoms with E-state index in [0.717, 1.165) is 5.56 Å². The standard InChI is InChI=1S/C13H18N4O3S/c1-21-6-13(20)5-17(4-9(13)18)3-8-2-14-11-10(8)15-7-16-12(11)19/h2,7,9,14,18,20H,3-6H2,1H3,(H,15,16,19)/t9-,13+/m1/s1. The number of nitrogens with zero attached hydrogens (tertiary/aromatic N) is 2. The highest BCUT2D eigenvalue weighted by Crippen LogP contribution is 2.27. The number of β-amino-alcohol motifs (C(OH)–C–C–N with tert-alkyl or cyclic N) is 2. The lowest BCUT2D eigenvalue weighted by Crippen LogP contribution is -2.44. The Kier molecular flexibility index (Phi) is 3.78. The van der Waals surface area contributed by atoms with Gasteiger partial charge in [0.05, 0.1) is 17.9 Å². The van der Waals surface area contributed by atoms with Crippen molar-refractivity contribution in [2.45, 2.75) is 18.2 Å². The lowest BCUT2D eigenvalue weighted by atomic mass is 10.0. The second-order valence-corrected chi connectivity index (χ2v) is 6.36. The molecule has 21 heavy (non-hydrogen) atoms. The first-order valence-corrected chi connectivity index (χ1v) is 8.08. The first kappa shape index (κ1) is 14.6. The number of nitrogens with one attached hydrogen (secondary N) is 2. The van der Waals surface area contributed by atoms with Gasteiger partial charge in [0, 0.05) is 37.1 Å². The SMILES string of the molecule is CSC[C@@]1(O)CN(Cc2c[nH]c3c(=O)[nH]cnc23)C[C@H]1O. The molecule has 2 atom stereocenters. The molecule has 2 aromatic heterocycles. The van der Waals surface area contributed by atoms with Gasteiger partial charge in [-0.15, -0.1) is 0 Å². The van der Waals surface area contributed by atoms with E-state index in [2.05, 4.69) is 15.0 Å². The Hall–Kier alpha value is -1.35. The van der Waals surface area contributed by atoms with E-state index < -0.39 is 11.7 Å². The highest BCUT2D eigenvalue weighted by Gasteiger charge is 2.43. The summed E-state index contributed by atoms with van der Waals surface area (Å²) in [5.74, 6) is 0.496. The number of aromatic amines is 2. The molecule has 2 aromatic rings. The average molecular weight is 310 g/mol. The monoisotopic (exact) mass is 310 g/mol. The minimum atomic E-state index is -1.07. The van der Waals surface area contributed by atoms with Crippen LogP contribution in [0.1, 0.15) is 5.56 Å². The molecule has 1 fully saturated rings. The first-order valence-electron chi connectivity index (χ1n) is 6.69. The van der Waals surface area contributed by atoms with E-state index in [1.165, 1.54) is 18.1 Å². The van der Waals surface area contributed by atoms with Gasteiger partial charge in [0.1, 0.15) is 11.1 Å². The molecule has 0 unspecified atom stereocenters. The maximum absolute atomic E-state index is 11.6. The number of H-pyrrole nitrogens is 2. The Morgan fingerprint density at radius 1 is 1.57 bits per heavy atom. The summed E-state index contributed by atoms with van der Waals surface area (Å²) in [6.45, 7) is 1.35. The van der Waals surface area contributed by atoms with Crippen LogP contribution < -0.4 is 5.56 Å². The van der Waals surface area contributed by atoms with Gasteiger partial charge in [-0.1, -0.05) is 0 Å². The quantitative estimate of drug-likeness (QED) is 0.608. The fourth-order valence-corrected chi connectivity index (χ4v) is 3.63. The van der Waals surface area contributed by atoms with Crippen LogP contribution in [0.5, 0.6) is 0 Å². The van der Waals surface area contributed by atoms with Gasteiger partial charge in [-0.05, 0) is 6.26 Å². The van der Waals surface area contributed by atoms with Crippen molar-refractivity contribution in [3.8, 4) is 0 Å². The Bertz CT molecular complexity index is 700. The van der Waals surface area contributed by atoms with Gasteiger partial charge in [0.15, 0.2) is 0 Å². The first-order chi connectivity index (χ1) is 10.0. The summed E-state index contributed by atoms with van der Waals surface area (Å²) in [5, 5.41) is 20.5. The summed E-state index contributed by atoms with van der Waals surface area (Å²) in [7, 11) is 0. The summed E-state index contributed by atoms with van der Waals surface area (Å²) in [4.78, 5) is 23.3. The highest BCUT2D eigenvalue weighted by molar-refractivity contribution is 7.98. The molecule has 0 bridgehead atoms. The number of aromatic nitrogens is 3. The third-order valence-corrected chi connectivity index (χ3v) is 4.67. The molecule has 7 nitrogen and oxygen atoms in total. The van der Waals surface area contributed by atoms with Gasteiger partial charge in [-0.25, -0.2) is 4.98 Å². The van der Waals surface area contributed by atoms with Gasteiger partial charge < -0.3 is 20.2 Å². The maximum Gasteiger partial charge on any atom is 0.275 e. The molecule has 3 rings (SSSR count). The van der Waals surface area contributed by atoms with Crippen molar-refractivity contribution < 1.29 is 10.2 Å². The van der Waals surface area contributed by atoms with Crippen molar-refractivity contribution in [3.63, 3.8) is 0 Å². The molecule has 4 N–H and O–H groups in total. The molecule has 1 aliphatic heterocycles. The number of likely N-dealkylation sites (tertiary alicyclic amines) is 1. The number of aliphatic hydroxyl groups excluding tert-OH is 1. The van der Waals surface area contributed by atoms with Gasteiger partial charge in [0.2, 0.25) is 0 Å². The second-order valence-electron chi connectivity index (χ2n) is 5.49. The zero-order chi connectivity index (χ0) is 15.0. The normalized spacial score (nSPS) is 26.7. The van der Waals surface area contributed by atoms with Crippen molar-refractivity contribution >= 4 is 22.8 Å². The van der Waals surface area contributed by atoms with E-state index in [0.29, 0.717) is 36.4 Å². The Labute approximate surface area is 125 Å². The van der Waals surface area contributed by atoms with Crippen LogP contribution >= 0.6 is 11.8 Å². The molecule has 1 saturated heterocycles. The minimum absolute atomic E-state index is 0.202. The van der Waals surface area contributed by atoms with Crippen LogP contribution in [0.25, 0.3) is 11.0 Å². The highest BCUT2D eigenvalue weighted by atomic mass is 32.2. The van der Waals surface area contributed by atoms with Crippen LogP contribution in [0.4, 0.5) is 0 Å². The molecule has 0 aromatic carbocycles. The lowest BCUT2D eigenvalue weighted by molar-refractivity contribution is -0.0216. The molecule has 0 spiro atoms. The molecule has 3 heterocycles. The number of hydrogen-bond acceptors (Lipinski definition) is 6. The maximum atomic E-state index is 11.6. The fourth-order valence-electron chi connectivity index (χ4n) is 2.85. The van der Waals surface area contributed by atoms with Crippen molar-refractivity contribution in [1.82, 2.24) is 19.9 Å². The average Bonchev–Trinajstić information content (AvgIpc) is 2.94. The molecule has 0 aliphatic carbocycles. The zero-order valence-electron chi connectivity index (χ0n) is 11.7. The smallest absolute Gasteiger partial charge is 0.275 e. The predicted molar refractivity (Wildman–Crippen MR) is 81.3 cm³/mol.